The van der Waals surface area contributed by atoms with E-state index in [4.69, 9.17) is 10.00 Å². The molecule has 2 N–H and O–H groups in total. The molecule has 0 bridgehead atoms. The first kappa shape index (κ1) is 20.4. The molecule has 7 nitrogen and oxygen atoms in total. The van der Waals surface area contributed by atoms with E-state index in [0.29, 0.717) is 16.8 Å². The molecule has 0 aliphatic heterocycles. The number of ether oxygens (including phenoxy) is 1. The van der Waals surface area contributed by atoms with Crippen molar-refractivity contribution in [2.24, 2.45) is 0 Å². The van der Waals surface area contributed by atoms with Gasteiger partial charge in [-0.2, -0.15) is 5.26 Å². The first-order valence-electron chi connectivity index (χ1n) is 7.94. The number of benzene rings is 2. The SMILES string of the molecule is CC(OC(=O)CNC(=O)c1ccccc1I)C(=O)Nc1ccccc1C#N. The van der Waals surface area contributed by atoms with Crippen molar-refractivity contribution in [1.82, 2.24) is 5.32 Å². The smallest absolute Gasteiger partial charge is 0.326 e. The van der Waals surface area contributed by atoms with Crippen LogP contribution in [0.5, 0.6) is 0 Å². The fourth-order valence-electron chi connectivity index (χ4n) is 2.11. The van der Waals surface area contributed by atoms with Gasteiger partial charge in [-0.3, -0.25) is 14.4 Å². The average molecular weight is 477 g/mol. The Morgan fingerprint density at radius 1 is 1.15 bits per heavy atom. The second kappa shape index (κ2) is 9.68. The van der Waals surface area contributed by atoms with Crippen molar-refractivity contribution in [1.29, 1.82) is 5.26 Å². The third kappa shape index (κ3) is 5.79. The van der Waals surface area contributed by atoms with Crippen molar-refractivity contribution >= 4 is 46.1 Å². The molecule has 2 aromatic rings. The summed E-state index contributed by atoms with van der Waals surface area (Å²) < 4.78 is 5.78. The molecule has 1 atom stereocenters. The van der Waals surface area contributed by atoms with Crippen LogP contribution in [0.4, 0.5) is 5.69 Å². The second-order valence-electron chi connectivity index (χ2n) is 5.44. The highest BCUT2D eigenvalue weighted by atomic mass is 127. The Labute approximate surface area is 169 Å². The van der Waals surface area contributed by atoms with Gasteiger partial charge >= 0.3 is 5.97 Å². The first-order chi connectivity index (χ1) is 12.9. The van der Waals surface area contributed by atoms with E-state index >= 15 is 0 Å². The molecule has 27 heavy (non-hydrogen) atoms. The highest BCUT2D eigenvalue weighted by molar-refractivity contribution is 14.1. The second-order valence-corrected chi connectivity index (χ2v) is 6.60. The zero-order valence-electron chi connectivity index (χ0n) is 14.4. The number of nitrogens with one attached hydrogen (secondary N) is 2. The molecule has 138 valence electrons. The van der Waals surface area contributed by atoms with Gasteiger partial charge in [0.1, 0.15) is 12.6 Å². The standard InChI is InChI=1S/C19H16IN3O4/c1-12(18(25)23-16-9-5-2-6-13(16)10-21)27-17(24)11-22-19(26)14-7-3-4-8-15(14)20/h2-9,12H,11H2,1H3,(H,22,26)(H,23,25). The maximum absolute atomic E-state index is 12.1. The molecule has 0 radical (unpaired) electrons. The third-order valence-corrected chi connectivity index (χ3v) is 4.44. The summed E-state index contributed by atoms with van der Waals surface area (Å²) in [5, 5.41) is 14.0. The molecular formula is C19H16IN3O4. The lowest BCUT2D eigenvalue weighted by atomic mass is 10.2. The summed E-state index contributed by atoms with van der Waals surface area (Å²) in [6, 6.07) is 15.4. The number of hydrogen-bond acceptors (Lipinski definition) is 5. The maximum Gasteiger partial charge on any atom is 0.326 e. The molecule has 0 aliphatic rings. The Morgan fingerprint density at radius 3 is 2.52 bits per heavy atom. The van der Waals surface area contributed by atoms with Crippen LogP contribution < -0.4 is 10.6 Å². The lowest BCUT2D eigenvalue weighted by molar-refractivity contribution is -0.152. The minimum atomic E-state index is -1.09. The average Bonchev–Trinajstić information content (AvgIpc) is 2.66. The third-order valence-electron chi connectivity index (χ3n) is 3.49. The summed E-state index contributed by atoms with van der Waals surface area (Å²) in [5.74, 6) is -1.72. The van der Waals surface area contributed by atoms with E-state index in [2.05, 4.69) is 10.6 Å². The van der Waals surface area contributed by atoms with Crippen LogP contribution in [0.1, 0.15) is 22.8 Å². The van der Waals surface area contributed by atoms with Crippen LogP contribution in [-0.2, 0) is 14.3 Å². The van der Waals surface area contributed by atoms with Gasteiger partial charge in [0.05, 0.1) is 16.8 Å². The highest BCUT2D eigenvalue weighted by Crippen LogP contribution is 2.14. The Morgan fingerprint density at radius 2 is 1.81 bits per heavy atom. The Kier molecular flexibility index (Phi) is 7.31. The van der Waals surface area contributed by atoms with E-state index in [1.807, 2.05) is 28.7 Å². The zero-order valence-corrected chi connectivity index (χ0v) is 16.5. The molecule has 0 aliphatic carbocycles. The number of amides is 2. The van der Waals surface area contributed by atoms with Gasteiger partial charge in [-0.15, -0.1) is 0 Å². The van der Waals surface area contributed by atoms with Crippen LogP contribution in [0, 0.1) is 14.9 Å². The molecule has 0 spiro atoms. The molecule has 2 aromatic carbocycles. The van der Waals surface area contributed by atoms with Crippen LogP contribution >= 0.6 is 22.6 Å². The zero-order chi connectivity index (χ0) is 19.8. The van der Waals surface area contributed by atoms with Gasteiger partial charge in [-0.25, -0.2) is 0 Å². The molecule has 0 heterocycles. The summed E-state index contributed by atoms with van der Waals surface area (Å²) in [6.45, 7) is 1.04. The number of carbonyl (C=O) groups is 3. The largest absolute Gasteiger partial charge is 0.451 e. The predicted octanol–water partition coefficient (Wildman–Crippen LogP) is 2.46. The van der Waals surface area contributed by atoms with Gasteiger partial charge in [0.2, 0.25) is 0 Å². The Bertz CT molecular complexity index is 908. The topological polar surface area (TPSA) is 108 Å². The molecule has 0 aromatic heterocycles. The van der Waals surface area contributed by atoms with E-state index < -0.39 is 23.9 Å². The molecule has 0 saturated heterocycles. The van der Waals surface area contributed by atoms with E-state index in [1.54, 1.807) is 48.5 Å². The number of para-hydroxylation sites is 1. The van der Waals surface area contributed by atoms with Gasteiger partial charge in [0.15, 0.2) is 6.10 Å². The number of anilines is 1. The van der Waals surface area contributed by atoms with Gasteiger partial charge in [0.25, 0.3) is 11.8 Å². The quantitative estimate of drug-likeness (QED) is 0.491. The minimum Gasteiger partial charge on any atom is -0.451 e. The van der Waals surface area contributed by atoms with Crippen LogP contribution in [0.25, 0.3) is 0 Å². The monoisotopic (exact) mass is 477 g/mol. The molecule has 2 rings (SSSR count). The van der Waals surface area contributed by atoms with E-state index in [1.165, 1.54) is 6.92 Å². The van der Waals surface area contributed by atoms with Gasteiger partial charge in [-0.05, 0) is 53.8 Å². The summed E-state index contributed by atoms with van der Waals surface area (Å²) >= 11 is 2.02. The summed E-state index contributed by atoms with van der Waals surface area (Å²) in [7, 11) is 0. The lowest BCUT2D eigenvalue weighted by Crippen LogP contribution is -2.36. The summed E-state index contributed by atoms with van der Waals surface area (Å²) in [6.07, 6.45) is -1.09. The summed E-state index contributed by atoms with van der Waals surface area (Å²) in [5.41, 5.74) is 1.08. The summed E-state index contributed by atoms with van der Waals surface area (Å²) in [4.78, 5) is 36.1. The van der Waals surface area contributed by atoms with Crippen molar-refractivity contribution < 1.29 is 19.1 Å². The molecule has 2 amide bonds. The Balaban J connectivity index is 1.86. The van der Waals surface area contributed by atoms with Crippen molar-refractivity contribution in [2.45, 2.75) is 13.0 Å². The highest BCUT2D eigenvalue weighted by Gasteiger charge is 2.19. The van der Waals surface area contributed by atoms with Crippen molar-refractivity contribution in [3.05, 3.63) is 63.2 Å². The van der Waals surface area contributed by atoms with Gasteiger partial charge in [-0.1, -0.05) is 24.3 Å². The normalized spacial score (nSPS) is 11.0. The molecule has 0 saturated carbocycles. The first-order valence-corrected chi connectivity index (χ1v) is 9.02. The fourth-order valence-corrected chi connectivity index (χ4v) is 2.74. The van der Waals surface area contributed by atoms with Crippen molar-refractivity contribution in [3.8, 4) is 6.07 Å². The number of hydrogen-bond donors (Lipinski definition) is 2. The number of rotatable bonds is 6. The van der Waals surface area contributed by atoms with E-state index in [0.717, 1.165) is 3.57 Å². The molecule has 1 unspecified atom stereocenters. The lowest BCUT2D eigenvalue weighted by Gasteiger charge is -2.14. The Hall–Kier alpha value is -2.93. The fraction of sp³-hybridized carbons (Fsp3) is 0.158. The number of nitrogens with zero attached hydrogens (tertiary/aromatic N) is 1. The molecule has 0 fully saturated rings. The van der Waals surface area contributed by atoms with Crippen LogP contribution in [0.15, 0.2) is 48.5 Å². The van der Waals surface area contributed by atoms with E-state index in [9.17, 15) is 14.4 Å². The van der Waals surface area contributed by atoms with Crippen LogP contribution in [0.3, 0.4) is 0 Å². The molecular weight excluding hydrogens is 461 g/mol. The van der Waals surface area contributed by atoms with Gasteiger partial charge < -0.3 is 15.4 Å². The number of esters is 1. The van der Waals surface area contributed by atoms with Crippen molar-refractivity contribution in [3.63, 3.8) is 0 Å². The van der Waals surface area contributed by atoms with Crippen LogP contribution in [0.2, 0.25) is 0 Å². The number of halogens is 1. The minimum absolute atomic E-state index is 0.300. The van der Waals surface area contributed by atoms with Gasteiger partial charge in [0, 0.05) is 3.57 Å². The number of nitriles is 1. The van der Waals surface area contributed by atoms with Crippen molar-refractivity contribution in [2.75, 3.05) is 11.9 Å². The van der Waals surface area contributed by atoms with E-state index in [-0.39, 0.29) is 6.54 Å². The maximum atomic E-state index is 12.1. The predicted molar refractivity (Wildman–Crippen MR) is 107 cm³/mol. The van der Waals surface area contributed by atoms with Crippen LogP contribution in [-0.4, -0.2) is 30.4 Å². The molecule has 8 heteroatoms. The number of carbonyl (C=O) groups excluding carboxylic acids is 3.